The number of ether oxygens (including phenoxy) is 2. The van der Waals surface area contributed by atoms with Gasteiger partial charge in [0.1, 0.15) is 17.4 Å². The van der Waals surface area contributed by atoms with E-state index in [-0.39, 0.29) is 11.5 Å². The zero-order valence-electron chi connectivity index (χ0n) is 17.8. The second kappa shape index (κ2) is 7.59. The summed E-state index contributed by atoms with van der Waals surface area (Å²) in [5, 5.41) is 0.976. The molecule has 152 valence electrons. The molecule has 3 aromatic rings. The molecule has 6 nitrogen and oxygen atoms in total. The molecule has 0 unspecified atom stereocenters. The van der Waals surface area contributed by atoms with Crippen molar-refractivity contribution in [2.45, 2.75) is 39.2 Å². The van der Waals surface area contributed by atoms with Gasteiger partial charge in [0, 0.05) is 17.5 Å². The Balaban J connectivity index is 1.86. The number of hydrogen-bond acceptors (Lipinski definition) is 6. The zero-order valence-corrected chi connectivity index (χ0v) is 17.8. The van der Waals surface area contributed by atoms with E-state index in [0.717, 1.165) is 46.2 Å². The highest BCUT2D eigenvalue weighted by Gasteiger charge is 2.26. The van der Waals surface area contributed by atoms with Gasteiger partial charge in [-0.15, -0.1) is 0 Å². The Kier molecular flexibility index (Phi) is 5.13. The lowest BCUT2D eigenvalue weighted by Crippen LogP contribution is -2.44. The summed E-state index contributed by atoms with van der Waals surface area (Å²) in [7, 11) is 1.67. The number of rotatable bonds is 3. The summed E-state index contributed by atoms with van der Waals surface area (Å²) >= 11 is 0. The van der Waals surface area contributed by atoms with Gasteiger partial charge in [-0.1, -0.05) is 20.8 Å². The number of benzene rings is 1. The molecule has 0 amide bonds. The Morgan fingerprint density at radius 2 is 1.79 bits per heavy atom. The third kappa shape index (κ3) is 3.90. The molecule has 6 heteroatoms. The molecule has 1 atom stereocenters. The lowest BCUT2D eigenvalue weighted by molar-refractivity contribution is 0.0986. The largest absolute Gasteiger partial charge is 0.497 e. The van der Waals surface area contributed by atoms with Crippen molar-refractivity contribution in [3.05, 3.63) is 42.2 Å². The molecule has 1 aliphatic rings. The fourth-order valence-corrected chi connectivity index (χ4v) is 3.51. The molecule has 2 aromatic heterocycles. The van der Waals surface area contributed by atoms with Crippen molar-refractivity contribution < 1.29 is 9.47 Å². The van der Waals surface area contributed by atoms with Crippen LogP contribution >= 0.6 is 0 Å². The first-order valence-corrected chi connectivity index (χ1v) is 10.0. The summed E-state index contributed by atoms with van der Waals surface area (Å²) in [5.74, 6) is 2.58. The van der Waals surface area contributed by atoms with E-state index in [2.05, 4.69) is 38.7 Å². The van der Waals surface area contributed by atoms with Crippen molar-refractivity contribution in [1.29, 1.82) is 0 Å². The number of fused-ring (bicyclic) bond motifs is 1. The Morgan fingerprint density at radius 3 is 2.45 bits per heavy atom. The number of nitrogens with zero attached hydrogens (tertiary/aromatic N) is 4. The van der Waals surface area contributed by atoms with Gasteiger partial charge in [-0.2, -0.15) is 0 Å². The molecule has 0 aliphatic carbocycles. The minimum atomic E-state index is -0.170. The number of anilines is 1. The first-order chi connectivity index (χ1) is 13.9. The Hall–Kier alpha value is -2.73. The standard InChI is InChI=1S/C23H28N4O2/c1-15-14-29-13-12-27(15)21-18-10-11-19(16-6-8-17(28-5)9-7-16)24-20(18)25-22(26-21)23(2,3)4/h6-11,15H,12-14H2,1-5H3/t15-/m0/s1. The molecule has 1 fully saturated rings. The van der Waals surface area contributed by atoms with Crippen LogP contribution in [0.1, 0.15) is 33.5 Å². The van der Waals surface area contributed by atoms with Gasteiger partial charge in [0.15, 0.2) is 5.65 Å². The predicted molar refractivity (Wildman–Crippen MR) is 116 cm³/mol. The normalized spacial score (nSPS) is 17.6. The van der Waals surface area contributed by atoms with E-state index in [0.29, 0.717) is 13.2 Å². The highest BCUT2D eigenvalue weighted by Crippen LogP contribution is 2.31. The second-order valence-corrected chi connectivity index (χ2v) is 8.53. The van der Waals surface area contributed by atoms with Crippen LogP contribution in [-0.4, -0.2) is 47.9 Å². The van der Waals surface area contributed by atoms with Crippen LogP contribution in [0.2, 0.25) is 0 Å². The maximum Gasteiger partial charge on any atom is 0.165 e. The number of pyridine rings is 1. The van der Waals surface area contributed by atoms with Crippen molar-refractivity contribution in [3.8, 4) is 17.0 Å². The van der Waals surface area contributed by atoms with E-state index in [4.69, 9.17) is 24.4 Å². The highest BCUT2D eigenvalue weighted by molar-refractivity contribution is 5.89. The van der Waals surface area contributed by atoms with Crippen molar-refractivity contribution >= 4 is 16.9 Å². The van der Waals surface area contributed by atoms with Crippen molar-refractivity contribution in [2.75, 3.05) is 31.8 Å². The third-order valence-electron chi connectivity index (χ3n) is 5.24. The molecule has 0 radical (unpaired) electrons. The van der Waals surface area contributed by atoms with E-state index < -0.39 is 0 Å². The topological polar surface area (TPSA) is 60.4 Å². The quantitative estimate of drug-likeness (QED) is 0.665. The lowest BCUT2D eigenvalue weighted by atomic mass is 9.95. The summed E-state index contributed by atoms with van der Waals surface area (Å²) < 4.78 is 10.9. The van der Waals surface area contributed by atoms with Crippen LogP contribution in [0.5, 0.6) is 5.75 Å². The van der Waals surface area contributed by atoms with E-state index >= 15 is 0 Å². The van der Waals surface area contributed by atoms with Gasteiger partial charge in [-0.25, -0.2) is 15.0 Å². The molecular weight excluding hydrogens is 364 g/mol. The molecule has 1 aliphatic heterocycles. The number of hydrogen-bond donors (Lipinski definition) is 0. The molecule has 0 spiro atoms. The minimum Gasteiger partial charge on any atom is -0.497 e. The molecule has 1 saturated heterocycles. The van der Waals surface area contributed by atoms with Crippen LogP contribution in [0.3, 0.4) is 0 Å². The summed E-state index contributed by atoms with van der Waals surface area (Å²) in [6.45, 7) is 10.8. The van der Waals surface area contributed by atoms with Gasteiger partial charge in [-0.05, 0) is 43.3 Å². The van der Waals surface area contributed by atoms with Crippen molar-refractivity contribution in [2.24, 2.45) is 0 Å². The Morgan fingerprint density at radius 1 is 1.03 bits per heavy atom. The average molecular weight is 393 g/mol. The fourth-order valence-electron chi connectivity index (χ4n) is 3.51. The maximum absolute atomic E-state index is 5.63. The predicted octanol–water partition coefficient (Wildman–Crippen LogP) is 4.22. The van der Waals surface area contributed by atoms with Gasteiger partial charge in [0.05, 0.1) is 37.4 Å². The van der Waals surface area contributed by atoms with Crippen molar-refractivity contribution in [1.82, 2.24) is 15.0 Å². The molecule has 29 heavy (non-hydrogen) atoms. The van der Waals surface area contributed by atoms with Crippen LogP contribution in [0, 0.1) is 0 Å². The van der Waals surface area contributed by atoms with E-state index in [1.807, 2.05) is 30.3 Å². The van der Waals surface area contributed by atoms with Crippen LogP contribution in [0.25, 0.3) is 22.3 Å². The fraction of sp³-hybridized carbons (Fsp3) is 0.435. The van der Waals surface area contributed by atoms with Gasteiger partial charge in [-0.3, -0.25) is 0 Å². The summed E-state index contributed by atoms with van der Waals surface area (Å²) in [5.41, 5.74) is 2.48. The van der Waals surface area contributed by atoms with Gasteiger partial charge < -0.3 is 14.4 Å². The highest BCUT2D eigenvalue weighted by atomic mass is 16.5. The minimum absolute atomic E-state index is 0.170. The molecule has 3 heterocycles. The van der Waals surface area contributed by atoms with E-state index in [9.17, 15) is 0 Å². The van der Waals surface area contributed by atoms with Crippen molar-refractivity contribution in [3.63, 3.8) is 0 Å². The first-order valence-electron chi connectivity index (χ1n) is 10.0. The molecule has 0 N–H and O–H groups in total. The Bertz CT molecular complexity index is 1010. The molecule has 4 rings (SSSR count). The van der Waals surface area contributed by atoms with Gasteiger partial charge in [0.25, 0.3) is 0 Å². The lowest BCUT2D eigenvalue weighted by Gasteiger charge is -2.35. The van der Waals surface area contributed by atoms with Gasteiger partial charge in [0.2, 0.25) is 0 Å². The van der Waals surface area contributed by atoms with Crippen LogP contribution in [-0.2, 0) is 10.2 Å². The number of morpholine rings is 1. The molecule has 0 saturated carbocycles. The average Bonchev–Trinajstić information content (AvgIpc) is 2.72. The van der Waals surface area contributed by atoms with E-state index in [1.165, 1.54) is 0 Å². The third-order valence-corrected chi connectivity index (χ3v) is 5.24. The number of aromatic nitrogens is 3. The zero-order chi connectivity index (χ0) is 20.6. The van der Waals surface area contributed by atoms with E-state index in [1.54, 1.807) is 7.11 Å². The molecular formula is C23H28N4O2. The SMILES string of the molecule is COc1ccc(-c2ccc3c(N4CCOC[C@@H]4C)nc(C(C)(C)C)nc3n2)cc1. The second-order valence-electron chi connectivity index (χ2n) is 8.53. The molecule has 0 bridgehead atoms. The number of methoxy groups -OCH3 is 1. The van der Waals surface area contributed by atoms with Crippen LogP contribution in [0.4, 0.5) is 5.82 Å². The monoisotopic (exact) mass is 392 g/mol. The Labute approximate surface area is 171 Å². The molecule has 1 aromatic carbocycles. The van der Waals surface area contributed by atoms with Crippen LogP contribution in [0.15, 0.2) is 36.4 Å². The summed E-state index contributed by atoms with van der Waals surface area (Å²) in [6, 6.07) is 12.3. The summed E-state index contributed by atoms with van der Waals surface area (Å²) in [4.78, 5) is 17.0. The maximum atomic E-state index is 5.63. The first kappa shape index (κ1) is 19.6. The van der Waals surface area contributed by atoms with Gasteiger partial charge >= 0.3 is 0 Å². The summed E-state index contributed by atoms with van der Waals surface area (Å²) in [6.07, 6.45) is 0. The van der Waals surface area contributed by atoms with Crippen LogP contribution < -0.4 is 9.64 Å². The smallest absolute Gasteiger partial charge is 0.165 e.